The van der Waals surface area contributed by atoms with E-state index in [1.807, 2.05) is 32.2 Å². The Morgan fingerprint density at radius 1 is 0.800 bits per heavy atom. The molecule has 0 spiro atoms. The number of benzene rings is 3. The number of para-hydroxylation sites is 1. The van der Waals surface area contributed by atoms with Crippen LogP contribution in [-0.4, -0.2) is 35.9 Å². The Morgan fingerprint density at radius 3 is 2.06 bits per heavy atom. The topological polar surface area (TPSA) is 31.6 Å². The molecule has 1 aliphatic rings. The lowest BCUT2D eigenvalue weighted by Crippen LogP contribution is -2.46. The molecule has 1 fully saturated rings. The minimum absolute atomic E-state index is 0.0725. The summed E-state index contributed by atoms with van der Waals surface area (Å²) in [6, 6.07) is 27.1. The third-order valence-electron chi connectivity index (χ3n) is 6.97. The summed E-state index contributed by atoms with van der Waals surface area (Å²) in [6.45, 7) is 9.76. The molecule has 1 aromatic heterocycles. The van der Waals surface area contributed by atoms with Crippen LogP contribution in [0.5, 0.6) is 0 Å². The highest BCUT2D eigenvalue weighted by Crippen LogP contribution is 2.42. The highest BCUT2D eigenvalue weighted by molar-refractivity contribution is 6.30. The Balaban J connectivity index is 1.52. The molecule has 4 nitrogen and oxygen atoms in total. The summed E-state index contributed by atoms with van der Waals surface area (Å²) in [5, 5.41) is 11.3. The fourth-order valence-corrected chi connectivity index (χ4v) is 5.32. The number of aliphatic hydroxyl groups excluding tert-OH is 1. The maximum absolute atomic E-state index is 10.6. The molecule has 1 saturated heterocycles. The smallest absolute Gasteiger partial charge is 0.118 e. The van der Waals surface area contributed by atoms with Gasteiger partial charge < -0.3 is 19.5 Å². The van der Waals surface area contributed by atoms with E-state index in [1.165, 1.54) is 11.4 Å². The molecule has 3 aromatic carbocycles. The SMILES string of the molecule is C=C(O)c1c(-c2cccc(N3CCN(c4ccccc4)CC3)c2)c(-c2cccc(Cl)c2)n(C)c1C. The number of halogens is 1. The predicted molar refractivity (Wildman–Crippen MR) is 149 cm³/mol. The van der Waals surface area contributed by atoms with Crippen LogP contribution in [0.15, 0.2) is 85.4 Å². The number of rotatable bonds is 5. The molecule has 0 unspecified atom stereocenters. The number of hydrogen-bond donors (Lipinski definition) is 1. The van der Waals surface area contributed by atoms with Gasteiger partial charge >= 0.3 is 0 Å². The van der Waals surface area contributed by atoms with E-state index in [-0.39, 0.29) is 5.76 Å². The second-order valence-electron chi connectivity index (χ2n) is 9.06. The van der Waals surface area contributed by atoms with E-state index in [2.05, 4.69) is 81.6 Å². The number of hydrogen-bond acceptors (Lipinski definition) is 3. The summed E-state index contributed by atoms with van der Waals surface area (Å²) in [7, 11) is 2.02. The van der Waals surface area contributed by atoms with Gasteiger partial charge in [0.25, 0.3) is 0 Å². The zero-order valence-corrected chi connectivity index (χ0v) is 21.0. The highest BCUT2D eigenvalue weighted by atomic mass is 35.5. The van der Waals surface area contributed by atoms with Crippen molar-refractivity contribution in [2.24, 2.45) is 7.05 Å². The van der Waals surface area contributed by atoms with Crippen LogP contribution in [-0.2, 0) is 7.05 Å². The van der Waals surface area contributed by atoms with Gasteiger partial charge in [0, 0.05) is 72.0 Å². The van der Waals surface area contributed by atoms with Crippen molar-refractivity contribution in [3.8, 4) is 22.4 Å². The number of anilines is 2. The molecule has 0 bridgehead atoms. The van der Waals surface area contributed by atoms with Gasteiger partial charge in [0.15, 0.2) is 0 Å². The van der Waals surface area contributed by atoms with Gasteiger partial charge in [-0.1, -0.05) is 60.6 Å². The molecule has 35 heavy (non-hydrogen) atoms. The quantitative estimate of drug-likeness (QED) is 0.305. The standard InChI is InChI=1S/C30H30ClN3O/c1-21-28(22(2)35)29(30(32(21)3)24-10-7-11-25(31)19-24)23-9-8-14-27(20-23)34-17-15-33(16-18-34)26-12-5-4-6-13-26/h4-14,19-20,35H,2,15-18H2,1,3H3. The molecule has 2 heterocycles. The van der Waals surface area contributed by atoms with Gasteiger partial charge in [-0.25, -0.2) is 0 Å². The third-order valence-corrected chi connectivity index (χ3v) is 7.21. The first-order valence-corrected chi connectivity index (χ1v) is 12.3. The van der Waals surface area contributed by atoms with Gasteiger partial charge in [-0.3, -0.25) is 0 Å². The van der Waals surface area contributed by atoms with Crippen LogP contribution in [0.4, 0.5) is 11.4 Å². The van der Waals surface area contributed by atoms with Crippen LogP contribution in [0.25, 0.3) is 28.1 Å². The predicted octanol–water partition coefficient (Wildman–Crippen LogP) is 7.18. The molecule has 1 N–H and O–H groups in total. The number of aromatic nitrogens is 1. The second-order valence-corrected chi connectivity index (χ2v) is 9.50. The number of piperazine rings is 1. The second kappa shape index (κ2) is 9.55. The van der Waals surface area contributed by atoms with Gasteiger partial charge in [-0.05, 0) is 48.9 Å². The van der Waals surface area contributed by atoms with Crippen LogP contribution >= 0.6 is 11.6 Å². The Kier molecular flexibility index (Phi) is 6.31. The van der Waals surface area contributed by atoms with Crippen molar-refractivity contribution in [3.05, 3.63) is 102 Å². The van der Waals surface area contributed by atoms with Crippen molar-refractivity contribution < 1.29 is 5.11 Å². The lowest BCUT2D eigenvalue weighted by atomic mass is 9.95. The first-order chi connectivity index (χ1) is 16.9. The van der Waals surface area contributed by atoms with E-state index >= 15 is 0 Å². The molecule has 0 saturated carbocycles. The van der Waals surface area contributed by atoms with Gasteiger partial charge in [-0.2, -0.15) is 0 Å². The first kappa shape index (κ1) is 23.1. The Bertz CT molecular complexity index is 1370. The van der Waals surface area contributed by atoms with Gasteiger partial charge in [0.1, 0.15) is 5.76 Å². The van der Waals surface area contributed by atoms with Gasteiger partial charge in [-0.15, -0.1) is 0 Å². The van der Waals surface area contributed by atoms with Crippen molar-refractivity contribution in [1.29, 1.82) is 0 Å². The molecular formula is C30H30ClN3O. The van der Waals surface area contributed by atoms with Crippen LogP contribution in [0.1, 0.15) is 11.3 Å². The summed E-state index contributed by atoms with van der Waals surface area (Å²) in [4.78, 5) is 4.87. The largest absolute Gasteiger partial charge is 0.508 e. The van der Waals surface area contributed by atoms with Crippen molar-refractivity contribution in [2.45, 2.75) is 6.92 Å². The molecule has 4 aromatic rings. The summed E-state index contributed by atoms with van der Waals surface area (Å²) in [5.41, 5.74) is 8.24. The summed E-state index contributed by atoms with van der Waals surface area (Å²) in [6.07, 6.45) is 0. The Hall–Kier alpha value is -3.63. The number of aliphatic hydroxyl groups is 1. The van der Waals surface area contributed by atoms with Crippen LogP contribution in [0.2, 0.25) is 5.02 Å². The van der Waals surface area contributed by atoms with Crippen LogP contribution < -0.4 is 9.80 Å². The van der Waals surface area contributed by atoms with Crippen molar-refractivity contribution in [1.82, 2.24) is 4.57 Å². The molecule has 0 amide bonds. The lowest BCUT2D eigenvalue weighted by molar-refractivity contribution is 0.513. The van der Waals surface area contributed by atoms with Gasteiger partial charge in [0.2, 0.25) is 0 Å². The first-order valence-electron chi connectivity index (χ1n) is 11.9. The monoisotopic (exact) mass is 483 g/mol. The molecule has 1 aliphatic heterocycles. The van der Waals surface area contributed by atoms with Crippen molar-refractivity contribution >= 4 is 28.7 Å². The molecule has 0 aliphatic carbocycles. The maximum Gasteiger partial charge on any atom is 0.118 e. The van der Waals surface area contributed by atoms with E-state index in [4.69, 9.17) is 11.6 Å². The highest BCUT2D eigenvalue weighted by Gasteiger charge is 2.24. The zero-order valence-electron chi connectivity index (χ0n) is 20.2. The van der Waals surface area contributed by atoms with Crippen LogP contribution in [0.3, 0.4) is 0 Å². The maximum atomic E-state index is 10.6. The summed E-state index contributed by atoms with van der Waals surface area (Å²) >= 11 is 6.35. The Morgan fingerprint density at radius 2 is 1.40 bits per heavy atom. The van der Waals surface area contributed by atoms with E-state index in [9.17, 15) is 5.11 Å². The molecular weight excluding hydrogens is 454 g/mol. The molecule has 5 heteroatoms. The summed E-state index contributed by atoms with van der Waals surface area (Å²) in [5.74, 6) is 0.0725. The average Bonchev–Trinajstić information content (AvgIpc) is 3.15. The average molecular weight is 484 g/mol. The van der Waals surface area contributed by atoms with Crippen LogP contribution in [0, 0.1) is 6.92 Å². The third kappa shape index (κ3) is 4.42. The lowest BCUT2D eigenvalue weighted by Gasteiger charge is -2.37. The minimum atomic E-state index is 0.0725. The molecule has 0 radical (unpaired) electrons. The summed E-state index contributed by atoms with van der Waals surface area (Å²) < 4.78 is 2.11. The molecule has 178 valence electrons. The van der Waals surface area contributed by atoms with E-state index in [0.717, 1.165) is 59.8 Å². The zero-order chi connectivity index (χ0) is 24.5. The van der Waals surface area contributed by atoms with E-state index < -0.39 is 0 Å². The minimum Gasteiger partial charge on any atom is -0.508 e. The van der Waals surface area contributed by atoms with Gasteiger partial charge in [0.05, 0.1) is 5.69 Å². The fourth-order valence-electron chi connectivity index (χ4n) is 5.13. The Labute approximate surface area is 212 Å². The normalized spacial score (nSPS) is 13.8. The van der Waals surface area contributed by atoms with E-state index in [0.29, 0.717) is 5.02 Å². The fraction of sp³-hybridized carbons (Fsp3) is 0.200. The molecule has 0 atom stereocenters. The van der Waals surface area contributed by atoms with Crippen molar-refractivity contribution in [2.75, 3.05) is 36.0 Å². The van der Waals surface area contributed by atoms with Crippen molar-refractivity contribution in [3.63, 3.8) is 0 Å². The number of nitrogens with zero attached hydrogens (tertiary/aromatic N) is 3. The van der Waals surface area contributed by atoms with E-state index in [1.54, 1.807) is 0 Å². The molecule has 5 rings (SSSR count).